The topological polar surface area (TPSA) is 45.2 Å². The first-order valence-corrected chi connectivity index (χ1v) is 8.57. The molecule has 0 aromatic carbocycles. The number of amides is 1. The van der Waals surface area contributed by atoms with Crippen LogP contribution in [0.1, 0.15) is 25.7 Å². The molecule has 0 spiro atoms. The highest BCUT2D eigenvalue weighted by Crippen LogP contribution is 2.31. The molecule has 1 amide bonds. The van der Waals surface area contributed by atoms with E-state index in [9.17, 15) is 4.79 Å². The molecule has 110 valence electrons. The van der Waals surface area contributed by atoms with E-state index in [0.29, 0.717) is 5.92 Å². The van der Waals surface area contributed by atoms with Gasteiger partial charge >= 0.3 is 0 Å². The molecule has 1 aliphatic heterocycles. The van der Waals surface area contributed by atoms with Gasteiger partial charge in [0.25, 0.3) is 0 Å². The first kappa shape index (κ1) is 13.1. The van der Waals surface area contributed by atoms with Gasteiger partial charge in [0, 0.05) is 41.3 Å². The van der Waals surface area contributed by atoms with Crippen molar-refractivity contribution in [1.29, 1.82) is 0 Å². The molecular formula is C16H19N3OS. The monoisotopic (exact) mass is 301 g/mol. The van der Waals surface area contributed by atoms with Crippen LogP contribution in [0.2, 0.25) is 0 Å². The predicted octanol–water partition coefficient (Wildman–Crippen LogP) is 2.79. The van der Waals surface area contributed by atoms with E-state index < -0.39 is 0 Å². The number of hydrogen-bond donors (Lipinski definition) is 1. The van der Waals surface area contributed by atoms with Crippen LogP contribution in [0.4, 0.5) is 5.82 Å². The number of pyridine rings is 1. The summed E-state index contributed by atoms with van der Waals surface area (Å²) < 4.78 is 1.28. The van der Waals surface area contributed by atoms with Crippen molar-refractivity contribution in [2.24, 2.45) is 5.92 Å². The van der Waals surface area contributed by atoms with Gasteiger partial charge in [-0.05, 0) is 43.2 Å². The number of nitrogens with one attached hydrogen (secondary N) is 1. The highest BCUT2D eigenvalue weighted by Gasteiger charge is 2.32. The van der Waals surface area contributed by atoms with Crippen LogP contribution in [0.25, 0.3) is 10.1 Å². The van der Waals surface area contributed by atoms with Gasteiger partial charge in [-0.3, -0.25) is 4.79 Å². The Morgan fingerprint density at radius 1 is 1.33 bits per heavy atom. The maximum Gasteiger partial charge on any atom is 0.223 e. The lowest BCUT2D eigenvalue weighted by Crippen LogP contribution is -2.48. The lowest BCUT2D eigenvalue weighted by atomic mass is 10.0. The van der Waals surface area contributed by atoms with Crippen LogP contribution in [-0.2, 0) is 4.79 Å². The predicted molar refractivity (Wildman–Crippen MR) is 85.7 cm³/mol. The van der Waals surface area contributed by atoms with Gasteiger partial charge in [-0.1, -0.05) is 0 Å². The quantitative estimate of drug-likeness (QED) is 0.948. The molecule has 4 rings (SSSR count). The molecule has 3 heterocycles. The van der Waals surface area contributed by atoms with Crippen LogP contribution in [0, 0.1) is 5.92 Å². The largest absolute Gasteiger partial charge is 0.354 e. The summed E-state index contributed by atoms with van der Waals surface area (Å²) in [6.07, 6.45) is 6.21. The average molecular weight is 301 g/mol. The number of hydrogen-bond acceptors (Lipinski definition) is 4. The number of nitrogens with zero attached hydrogens (tertiary/aromatic N) is 2. The summed E-state index contributed by atoms with van der Waals surface area (Å²) >= 11 is 1.75. The van der Waals surface area contributed by atoms with Crippen LogP contribution in [0.15, 0.2) is 23.7 Å². The number of carbonyl (C=O) groups excluding carboxylic acids is 1. The van der Waals surface area contributed by atoms with Gasteiger partial charge < -0.3 is 10.2 Å². The fourth-order valence-electron chi connectivity index (χ4n) is 3.08. The third-order valence-corrected chi connectivity index (χ3v) is 5.26. The van der Waals surface area contributed by atoms with E-state index >= 15 is 0 Å². The summed E-state index contributed by atoms with van der Waals surface area (Å²) in [5.41, 5.74) is 0. The fraction of sp³-hybridized carbons (Fsp3) is 0.500. The molecule has 0 bridgehead atoms. The van der Waals surface area contributed by atoms with Crippen LogP contribution in [-0.4, -0.2) is 30.0 Å². The third kappa shape index (κ3) is 2.62. The summed E-state index contributed by atoms with van der Waals surface area (Å²) in [6.45, 7) is 1.90. The summed E-state index contributed by atoms with van der Waals surface area (Å²) in [5, 5.41) is 6.57. The van der Waals surface area contributed by atoms with E-state index in [4.69, 9.17) is 0 Å². The van der Waals surface area contributed by atoms with Crippen LogP contribution < -0.4 is 10.2 Å². The Kier molecular flexibility index (Phi) is 3.30. The standard InChI is InChI=1S/C16H19N3OS/c20-16(11-3-4-11)18-12-2-1-8-19(10-12)15-13-6-9-21-14(13)5-7-17-15/h5-7,9,11-12H,1-4,8,10H2,(H,18,20). The molecule has 21 heavy (non-hydrogen) atoms. The highest BCUT2D eigenvalue weighted by molar-refractivity contribution is 7.17. The molecule has 4 nitrogen and oxygen atoms in total. The van der Waals surface area contributed by atoms with E-state index in [1.807, 2.05) is 6.20 Å². The molecule has 2 fully saturated rings. The minimum absolute atomic E-state index is 0.253. The van der Waals surface area contributed by atoms with Crippen molar-refractivity contribution >= 4 is 33.1 Å². The summed E-state index contributed by atoms with van der Waals surface area (Å²) in [6, 6.07) is 4.48. The first-order valence-electron chi connectivity index (χ1n) is 7.69. The van der Waals surface area contributed by atoms with Crippen molar-refractivity contribution in [3.05, 3.63) is 23.7 Å². The van der Waals surface area contributed by atoms with Crippen molar-refractivity contribution in [2.45, 2.75) is 31.7 Å². The van der Waals surface area contributed by atoms with Gasteiger partial charge in [0.05, 0.1) is 0 Å². The third-order valence-electron chi connectivity index (χ3n) is 4.37. The molecule has 1 aliphatic carbocycles. The van der Waals surface area contributed by atoms with E-state index in [1.165, 1.54) is 10.1 Å². The molecule has 1 atom stereocenters. The Morgan fingerprint density at radius 3 is 3.10 bits per heavy atom. The minimum Gasteiger partial charge on any atom is -0.354 e. The summed E-state index contributed by atoms with van der Waals surface area (Å²) in [5.74, 6) is 1.61. The van der Waals surface area contributed by atoms with Crippen molar-refractivity contribution in [2.75, 3.05) is 18.0 Å². The molecule has 1 N–H and O–H groups in total. The van der Waals surface area contributed by atoms with Gasteiger partial charge in [-0.2, -0.15) is 0 Å². The Balaban J connectivity index is 1.52. The van der Waals surface area contributed by atoms with Gasteiger partial charge in [-0.15, -0.1) is 11.3 Å². The molecule has 1 saturated carbocycles. The van der Waals surface area contributed by atoms with Gasteiger partial charge in [-0.25, -0.2) is 4.98 Å². The van der Waals surface area contributed by atoms with Crippen LogP contribution in [0.5, 0.6) is 0 Å². The number of aromatic nitrogens is 1. The maximum atomic E-state index is 11.9. The molecule has 2 aliphatic rings. The van der Waals surface area contributed by atoms with Crippen molar-refractivity contribution in [1.82, 2.24) is 10.3 Å². The first-order chi connectivity index (χ1) is 10.3. The van der Waals surface area contributed by atoms with Gasteiger partial charge in [0.15, 0.2) is 0 Å². The van der Waals surface area contributed by atoms with E-state index in [0.717, 1.165) is 44.6 Å². The zero-order chi connectivity index (χ0) is 14.2. The lowest BCUT2D eigenvalue weighted by molar-refractivity contribution is -0.123. The Labute approximate surface area is 128 Å². The van der Waals surface area contributed by atoms with E-state index in [2.05, 4.69) is 32.7 Å². The van der Waals surface area contributed by atoms with Crippen molar-refractivity contribution in [3.63, 3.8) is 0 Å². The SMILES string of the molecule is O=C(NC1CCCN(c2nccc3sccc23)C1)C1CC1. The van der Waals surface area contributed by atoms with Crippen molar-refractivity contribution < 1.29 is 4.79 Å². The molecule has 1 unspecified atom stereocenters. The second kappa shape index (κ2) is 5.30. The maximum absolute atomic E-state index is 11.9. The Hall–Kier alpha value is -1.62. The normalized spacial score (nSPS) is 22.5. The molecule has 1 saturated heterocycles. The van der Waals surface area contributed by atoms with E-state index in [-0.39, 0.29) is 11.9 Å². The number of thiophene rings is 1. The fourth-order valence-corrected chi connectivity index (χ4v) is 3.86. The second-order valence-electron chi connectivity index (χ2n) is 6.04. The number of carbonyl (C=O) groups is 1. The molecule has 2 aromatic rings. The molecule has 5 heteroatoms. The summed E-state index contributed by atoms with van der Waals surface area (Å²) in [4.78, 5) is 18.9. The summed E-state index contributed by atoms with van der Waals surface area (Å²) in [7, 11) is 0. The van der Waals surface area contributed by atoms with Crippen LogP contribution in [0.3, 0.4) is 0 Å². The molecular weight excluding hydrogens is 282 g/mol. The highest BCUT2D eigenvalue weighted by atomic mass is 32.1. The Morgan fingerprint density at radius 2 is 2.24 bits per heavy atom. The number of rotatable bonds is 3. The number of anilines is 1. The average Bonchev–Trinajstić information content (AvgIpc) is 3.25. The zero-order valence-corrected chi connectivity index (χ0v) is 12.7. The number of piperidine rings is 1. The van der Waals surface area contributed by atoms with Crippen LogP contribution >= 0.6 is 11.3 Å². The zero-order valence-electron chi connectivity index (χ0n) is 11.9. The Bertz CT molecular complexity index is 664. The number of fused-ring (bicyclic) bond motifs is 1. The van der Waals surface area contributed by atoms with Gasteiger partial charge in [0.2, 0.25) is 5.91 Å². The van der Waals surface area contributed by atoms with E-state index in [1.54, 1.807) is 11.3 Å². The lowest BCUT2D eigenvalue weighted by Gasteiger charge is -2.34. The van der Waals surface area contributed by atoms with Gasteiger partial charge in [0.1, 0.15) is 5.82 Å². The molecule has 2 aromatic heterocycles. The molecule has 0 radical (unpaired) electrons. The minimum atomic E-state index is 0.253. The second-order valence-corrected chi connectivity index (χ2v) is 6.98. The smallest absolute Gasteiger partial charge is 0.223 e. The van der Waals surface area contributed by atoms with Crippen molar-refractivity contribution in [3.8, 4) is 0 Å².